The second-order valence-electron chi connectivity index (χ2n) is 6.31. The molecule has 8 heteroatoms. The molecule has 4 rings (SSSR count). The number of nitrogens with zero attached hydrogens (tertiary/aromatic N) is 1. The molecule has 0 unspecified atom stereocenters. The number of ether oxygens (including phenoxy) is 2. The lowest BCUT2D eigenvalue weighted by Gasteiger charge is -2.35. The van der Waals surface area contributed by atoms with E-state index in [4.69, 9.17) is 9.47 Å². The summed E-state index contributed by atoms with van der Waals surface area (Å²) >= 11 is 0. The smallest absolute Gasteiger partial charge is 0.265 e. The number of hydrogen-bond donors (Lipinski definition) is 1. The maximum atomic E-state index is 12.8. The van der Waals surface area contributed by atoms with E-state index < -0.39 is 10.0 Å². The molecule has 0 bridgehead atoms. The van der Waals surface area contributed by atoms with Crippen LogP contribution in [0.5, 0.6) is 5.75 Å². The van der Waals surface area contributed by atoms with E-state index in [0.29, 0.717) is 36.6 Å². The summed E-state index contributed by atoms with van der Waals surface area (Å²) in [6.07, 6.45) is 3.14. The fourth-order valence-electron chi connectivity index (χ4n) is 3.58. The minimum Gasteiger partial charge on any atom is -0.482 e. The highest BCUT2D eigenvalue weighted by atomic mass is 32.2. The number of benzene rings is 1. The number of anilines is 1. The second-order valence-corrected chi connectivity index (χ2v) is 8.05. The van der Waals surface area contributed by atoms with Crippen molar-refractivity contribution in [2.24, 2.45) is 0 Å². The average Bonchev–Trinajstić information content (AvgIpc) is 3.10. The molecule has 7 nitrogen and oxygen atoms in total. The van der Waals surface area contributed by atoms with Crippen LogP contribution in [0.1, 0.15) is 24.8 Å². The number of rotatable bonds is 4. The van der Waals surface area contributed by atoms with Crippen LogP contribution in [0.25, 0.3) is 0 Å². The van der Waals surface area contributed by atoms with E-state index in [0.717, 1.165) is 19.3 Å². The van der Waals surface area contributed by atoms with Crippen molar-refractivity contribution in [3.8, 4) is 5.75 Å². The molecule has 1 amide bonds. The number of hydrogen-bond acceptors (Lipinski definition) is 5. The summed E-state index contributed by atoms with van der Waals surface area (Å²) in [5.41, 5.74) is 1.30. The molecule has 24 heavy (non-hydrogen) atoms. The monoisotopic (exact) mass is 352 g/mol. The molecule has 3 aliphatic heterocycles. The van der Waals surface area contributed by atoms with Crippen molar-refractivity contribution in [3.63, 3.8) is 0 Å². The first kappa shape index (κ1) is 15.9. The summed E-state index contributed by atoms with van der Waals surface area (Å²) in [7, 11) is -3.65. The van der Waals surface area contributed by atoms with Crippen molar-refractivity contribution < 1.29 is 22.7 Å². The third-order valence-electron chi connectivity index (χ3n) is 4.75. The first-order valence-electron chi connectivity index (χ1n) is 8.26. The zero-order chi connectivity index (χ0) is 16.7. The summed E-state index contributed by atoms with van der Waals surface area (Å²) in [4.78, 5) is 13.9. The Balaban J connectivity index is 1.67. The predicted molar refractivity (Wildman–Crippen MR) is 86.8 cm³/mol. The highest BCUT2D eigenvalue weighted by molar-refractivity contribution is 7.89. The van der Waals surface area contributed by atoms with Gasteiger partial charge >= 0.3 is 0 Å². The van der Waals surface area contributed by atoms with Gasteiger partial charge in [-0.25, -0.2) is 13.1 Å². The van der Waals surface area contributed by atoms with Gasteiger partial charge in [0.2, 0.25) is 10.0 Å². The van der Waals surface area contributed by atoms with Crippen molar-refractivity contribution in [2.45, 2.75) is 36.7 Å². The molecule has 1 N–H and O–H groups in total. The van der Waals surface area contributed by atoms with Crippen LogP contribution in [0.3, 0.4) is 0 Å². The van der Waals surface area contributed by atoms with Crippen molar-refractivity contribution in [1.29, 1.82) is 0 Å². The second kappa shape index (κ2) is 6.02. The Bertz CT molecular complexity index is 771. The van der Waals surface area contributed by atoms with Crippen molar-refractivity contribution in [2.75, 3.05) is 31.2 Å². The molecule has 130 valence electrons. The lowest BCUT2D eigenvalue weighted by Crippen LogP contribution is -2.43. The molecule has 0 aliphatic carbocycles. The fraction of sp³-hybridized carbons (Fsp3) is 0.562. The Morgan fingerprint density at radius 3 is 2.96 bits per heavy atom. The number of carbonyl (C=O) groups is 1. The normalized spacial score (nSPS) is 23.1. The summed E-state index contributed by atoms with van der Waals surface area (Å²) < 4.78 is 39.1. The SMILES string of the molecule is O=C1COc2ccc(S(=O)(=O)NC[C@@H]3CCCO3)c3c2N1CCC3. The minimum atomic E-state index is -3.65. The van der Waals surface area contributed by atoms with Gasteiger partial charge in [0.05, 0.1) is 16.7 Å². The summed E-state index contributed by atoms with van der Waals surface area (Å²) in [6, 6.07) is 3.22. The Morgan fingerprint density at radius 1 is 1.29 bits per heavy atom. The Hall–Kier alpha value is -1.64. The van der Waals surface area contributed by atoms with Crippen LogP contribution >= 0.6 is 0 Å². The maximum absolute atomic E-state index is 12.8. The van der Waals surface area contributed by atoms with Gasteiger partial charge in [-0.05, 0) is 43.4 Å². The minimum absolute atomic E-state index is 0.00973. The Kier molecular flexibility index (Phi) is 3.98. The molecule has 3 aliphatic rings. The molecule has 3 heterocycles. The van der Waals surface area contributed by atoms with E-state index in [9.17, 15) is 13.2 Å². The van der Waals surface area contributed by atoms with Crippen LogP contribution in [0.4, 0.5) is 5.69 Å². The highest BCUT2D eigenvalue weighted by Crippen LogP contribution is 2.42. The van der Waals surface area contributed by atoms with Gasteiger partial charge in [0, 0.05) is 19.7 Å². The van der Waals surface area contributed by atoms with Crippen LogP contribution in [0.2, 0.25) is 0 Å². The molecule has 0 radical (unpaired) electrons. The van der Waals surface area contributed by atoms with Crippen LogP contribution in [0, 0.1) is 0 Å². The van der Waals surface area contributed by atoms with E-state index in [-0.39, 0.29) is 30.1 Å². The number of sulfonamides is 1. The van der Waals surface area contributed by atoms with Gasteiger partial charge in [-0.1, -0.05) is 0 Å². The van der Waals surface area contributed by atoms with Gasteiger partial charge < -0.3 is 14.4 Å². The molecular weight excluding hydrogens is 332 g/mol. The lowest BCUT2D eigenvalue weighted by molar-refractivity contribution is -0.121. The largest absolute Gasteiger partial charge is 0.482 e. The Morgan fingerprint density at radius 2 is 2.17 bits per heavy atom. The van der Waals surface area contributed by atoms with Crippen molar-refractivity contribution in [1.82, 2.24) is 4.72 Å². The van der Waals surface area contributed by atoms with Crippen LogP contribution in [-0.2, 0) is 26.0 Å². The van der Waals surface area contributed by atoms with Gasteiger partial charge in [0.25, 0.3) is 5.91 Å². The zero-order valence-electron chi connectivity index (χ0n) is 13.3. The quantitative estimate of drug-likeness (QED) is 0.867. The van der Waals surface area contributed by atoms with E-state index >= 15 is 0 Å². The fourth-order valence-corrected chi connectivity index (χ4v) is 4.91. The van der Waals surface area contributed by atoms with Gasteiger partial charge in [-0.15, -0.1) is 0 Å². The Labute approximate surface area is 141 Å². The molecular formula is C16H20N2O5S. The summed E-state index contributed by atoms with van der Waals surface area (Å²) in [5, 5.41) is 0. The summed E-state index contributed by atoms with van der Waals surface area (Å²) in [5.74, 6) is 0.465. The van der Waals surface area contributed by atoms with Gasteiger partial charge in [-0.2, -0.15) is 0 Å². The molecule has 1 atom stereocenters. The maximum Gasteiger partial charge on any atom is 0.265 e. The number of carbonyl (C=O) groups excluding carboxylic acids is 1. The van der Waals surface area contributed by atoms with E-state index in [1.807, 2.05) is 0 Å². The first-order chi connectivity index (χ1) is 11.6. The van der Waals surface area contributed by atoms with Gasteiger partial charge in [0.1, 0.15) is 5.75 Å². The molecule has 1 saturated heterocycles. The molecule has 0 saturated carbocycles. The standard InChI is InChI=1S/C16H20N2O5S/c19-15-10-23-13-5-6-14(12-4-1-7-18(15)16(12)13)24(20,21)17-9-11-3-2-8-22-11/h5-6,11,17H,1-4,7-10H2/t11-/m0/s1. The zero-order valence-corrected chi connectivity index (χ0v) is 14.1. The predicted octanol–water partition coefficient (Wildman–Crippen LogP) is 0.815. The first-order valence-corrected chi connectivity index (χ1v) is 9.75. The highest BCUT2D eigenvalue weighted by Gasteiger charge is 2.34. The van der Waals surface area contributed by atoms with Crippen molar-refractivity contribution in [3.05, 3.63) is 17.7 Å². The molecule has 1 aromatic rings. The third-order valence-corrected chi connectivity index (χ3v) is 6.26. The summed E-state index contributed by atoms with van der Waals surface area (Å²) in [6.45, 7) is 1.58. The number of nitrogens with one attached hydrogen (secondary N) is 1. The molecule has 0 aromatic heterocycles. The molecule has 1 fully saturated rings. The van der Waals surface area contributed by atoms with Gasteiger partial charge in [0.15, 0.2) is 6.61 Å². The van der Waals surface area contributed by atoms with E-state index in [1.165, 1.54) is 0 Å². The topological polar surface area (TPSA) is 84.9 Å². The number of amides is 1. The molecule has 0 spiro atoms. The third kappa shape index (κ3) is 2.68. The van der Waals surface area contributed by atoms with Crippen LogP contribution < -0.4 is 14.4 Å². The van der Waals surface area contributed by atoms with Gasteiger partial charge in [-0.3, -0.25) is 4.79 Å². The van der Waals surface area contributed by atoms with Crippen LogP contribution in [0.15, 0.2) is 17.0 Å². The van der Waals surface area contributed by atoms with E-state index in [2.05, 4.69) is 4.72 Å². The lowest BCUT2D eigenvalue weighted by atomic mass is 10.00. The average molecular weight is 352 g/mol. The van der Waals surface area contributed by atoms with Crippen LogP contribution in [-0.4, -0.2) is 46.7 Å². The van der Waals surface area contributed by atoms with Crippen molar-refractivity contribution >= 4 is 21.6 Å². The molecule has 1 aromatic carbocycles. The van der Waals surface area contributed by atoms with E-state index in [1.54, 1.807) is 17.0 Å².